The lowest BCUT2D eigenvalue weighted by atomic mass is 10.1. The Bertz CT molecular complexity index is 1340. The summed E-state index contributed by atoms with van der Waals surface area (Å²) in [6, 6.07) is 14.5. The summed E-state index contributed by atoms with van der Waals surface area (Å²) in [6.07, 6.45) is 1.64. The van der Waals surface area contributed by atoms with Crippen LogP contribution < -0.4 is 5.32 Å². The normalized spacial score (nSPS) is 11.6. The third-order valence-corrected chi connectivity index (χ3v) is 6.80. The summed E-state index contributed by atoms with van der Waals surface area (Å²) in [7, 11) is -1.36. The molecule has 32 heavy (non-hydrogen) atoms. The standard InChI is InChI=1S/C23H23N5O3S.2H2/c1-4-32(29,30)19-11-9-17(10-12-19)20-14-25-15(2)21(26-20)23-28-27-22(31-23)18-7-5-16(6-8-18)13-24-3;;/h5-12,14,24H,4,13H2,1-3H3;2*1H. The molecule has 0 atom stereocenters. The van der Waals surface area contributed by atoms with Gasteiger partial charge in [-0.05, 0) is 43.8 Å². The summed E-state index contributed by atoms with van der Waals surface area (Å²) >= 11 is 0. The minimum atomic E-state index is -3.26. The average Bonchev–Trinajstić information content (AvgIpc) is 3.30. The largest absolute Gasteiger partial charge is 0.415 e. The molecule has 0 aliphatic heterocycles. The Morgan fingerprint density at radius 2 is 1.62 bits per heavy atom. The van der Waals surface area contributed by atoms with Crippen LogP contribution >= 0.6 is 0 Å². The van der Waals surface area contributed by atoms with Gasteiger partial charge in [0.1, 0.15) is 5.69 Å². The van der Waals surface area contributed by atoms with E-state index in [0.717, 1.165) is 23.2 Å². The second-order valence-electron chi connectivity index (χ2n) is 7.26. The van der Waals surface area contributed by atoms with Gasteiger partial charge < -0.3 is 9.73 Å². The maximum absolute atomic E-state index is 12.0. The smallest absolute Gasteiger partial charge is 0.268 e. The summed E-state index contributed by atoms with van der Waals surface area (Å²) in [5.74, 6) is 0.728. The van der Waals surface area contributed by atoms with Crippen molar-refractivity contribution in [2.45, 2.75) is 25.3 Å². The van der Waals surface area contributed by atoms with Gasteiger partial charge in [0.05, 0.1) is 28.2 Å². The van der Waals surface area contributed by atoms with Crippen molar-refractivity contribution in [1.82, 2.24) is 25.5 Å². The van der Waals surface area contributed by atoms with Crippen LogP contribution in [0.1, 0.15) is 21.0 Å². The van der Waals surface area contributed by atoms with Crippen LogP contribution in [-0.2, 0) is 16.4 Å². The molecular weight excluding hydrogens is 426 g/mol. The molecule has 2 aromatic carbocycles. The number of hydrogen-bond acceptors (Lipinski definition) is 8. The highest BCUT2D eigenvalue weighted by atomic mass is 32.2. The zero-order chi connectivity index (χ0) is 22.7. The van der Waals surface area contributed by atoms with E-state index >= 15 is 0 Å². The first-order valence-electron chi connectivity index (χ1n) is 10.2. The lowest BCUT2D eigenvalue weighted by molar-refractivity contribution is 0.581. The Morgan fingerprint density at radius 1 is 0.969 bits per heavy atom. The molecule has 4 rings (SSSR count). The highest BCUT2D eigenvalue weighted by Gasteiger charge is 2.17. The Kier molecular flexibility index (Phi) is 6.11. The maximum atomic E-state index is 12.0. The molecule has 0 fully saturated rings. The first kappa shape index (κ1) is 21.8. The van der Waals surface area contributed by atoms with Crippen molar-refractivity contribution < 1.29 is 15.7 Å². The molecule has 2 aromatic heterocycles. The van der Waals surface area contributed by atoms with E-state index in [9.17, 15) is 8.42 Å². The topological polar surface area (TPSA) is 111 Å². The molecule has 1 N–H and O–H groups in total. The molecule has 8 nitrogen and oxygen atoms in total. The summed E-state index contributed by atoms with van der Waals surface area (Å²) < 4.78 is 30.0. The first-order chi connectivity index (χ1) is 15.4. The van der Waals surface area contributed by atoms with Crippen molar-refractivity contribution in [2.24, 2.45) is 0 Å². The van der Waals surface area contributed by atoms with Gasteiger partial charge in [-0.25, -0.2) is 13.4 Å². The minimum absolute atomic E-state index is 0. The Balaban J connectivity index is 0.00000204. The third-order valence-electron chi connectivity index (χ3n) is 5.05. The molecule has 0 unspecified atom stereocenters. The van der Waals surface area contributed by atoms with Crippen molar-refractivity contribution >= 4 is 9.84 Å². The Hall–Kier alpha value is -3.43. The van der Waals surface area contributed by atoms with Gasteiger partial charge >= 0.3 is 0 Å². The van der Waals surface area contributed by atoms with Gasteiger partial charge in [-0.3, -0.25) is 4.98 Å². The highest BCUT2D eigenvalue weighted by molar-refractivity contribution is 7.91. The summed E-state index contributed by atoms with van der Waals surface area (Å²) in [5, 5.41) is 11.4. The molecule has 0 saturated carbocycles. The van der Waals surface area contributed by atoms with Gasteiger partial charge in [0, 0.05) is 20.5 Å². The number of benzene rings is 2. The van der Waals surface area contributed by atoms with Crippen molar-refractivity contribution in [1.29, 1.82) is 0 Å². The molecule has 0 aliphatic carbocycles. The molecule has 2 heterocycles. The lowest BCUT2D eigenvalue weighted by Crippen LogP contribution is -2.04. The van der Waals surface area contributed by atoms with Crippen LogP contribution in [0, 0.1) is 6.92 Å². The number of nitrogens with zero attached hydrogens (tertiary/aromatic N) is 4. The first-order valence-corrected chi connectivity index (χ1v) is 11.8. The van der Waals surface area contributed by atoms with E-state index < -0.39 is 9.84 Å². The van der Waals surface area contributed by atoms with Crippen LogP contribution in [0.15, 0.2) is 64.0 Å². The van der Waals surface area contributed by atoms with Crippen LogP contribution in [0.3, 0.4) is 0 Å². The lowest BCUT2D eigenvalue weighted by Gasteiger charge is -2.06. The Labute approximate surface area is 189 Å². The molecule has 0 radical (unpaired) electrons. The number of sulfone groups is 1. The number of nitrogens with one attached hydrogen (secondary N) is 1. The molecule has 0 bridgehead atoms. The van der Waals surface area contributed by atoms with Gasteiger partial charge in [0.25, 0.3) is 5.89 Å². The molecule has 0 aliphatic rings. The molecule has 0 amide bonds. The van der Waals surface area contributed by atoms with Crippen molar-refractivity contribution in [3.8, 4) is 34.3 Å². The predicted octanol–water partition coefficient (Wildman–Crippen LogP) is 4.17. The number of aryl methyl sites for hydroxylation is 1. The van der Waals surface area contributed by atoms with Crippen LogP contribution in [0.4, 0.5) is 0 Å². The number of aromatic nitrogens is 4. The van der Waals surface area contributed by atoms with E-state index in [4.69, 9.17) is 4.42 Å². The van der Waals surface area contributed by atoms with Crippen LogP contribution in [0.5, 0.6) is 0 Å². The van der Waals surface area contributed by atoms with Gasteiger partial charge in [0.15, 0.2) is 9.84 Å². The molecule has 0 spiro atoms. The minimum Gasteiger partial charge on any atom is -0.415 e. The molecule has 0 saturated heterocycles. The maximum Gasteiger partial charge on any atom is 0.268 e. The molecule has 9 heteroatoms. The summed E-state index contributed by atoms with van der Waals surface area (Å²) in [4.78, 5) is 9.36. The monoisotopic (exact) mass is 453 g/mol. The van der Waals surface area contributed by atoms with E-state index in [1.165, 1.54) is 0 Å². The SMILES string of the molecule is CCS(=O)(=O)c1ccc(-c2cnc(C)c(-c3nnc(-c4ccc(CNC)cc4)o3)n2)cc1.[HH].[HH]. The fourth-order valence-electron chi connectivity index (χ4n) is 3.20. The number of rotatable bonds is 7. The van der Waals surface area contributed by atoms with E-state index in [1.807, 2.05) is 38.2 Å². The molecule has 4 aromatic rings. The van der Waals surface area contributed by atoms with E-state index in [-0.39, 0.29) is 19.4 Å². The molecule has 168 valence electrons. The fourth-order valence-corrected chi connectivity index (χ4v) is 4.08. The average molecular weight is 454 g/mol. The fraction of sp³-hybridized carbons (Fsp3) is 0.217. The van der Waals surface area contributed by atoms with E-state index in [0.29, 0.717) is 23.0 Å². The molecular formula is C23H27N5O3S. The quantitative estimate of drug-likeness (QED) is 0.444. The van der Waals surface area contributed by atoms with E-state index in [1.54, 1.807) is 37.4 Å². The third kappa shape index (κ3) is 4.44. The van der Waals surface area contributed by atoms with Crippen molar-refractivity contribution in [2.75, 3.05) is 12.8 Å². The second-order valence-corrected chi connectivity index (χ2v) is 9.53. The van der Waals surface area contributed by atoms with Gasteiger partial charge in [-0.2, -0.15) is 0 Å². The van der Waals surface area contributed by atoms with Crippen LogP contribution in [-0.4, -0.2) is 41.4 Å². The van der Waals surface area contributed by atoms with Gasteiger partial charge in [-0.15, -0.1) is 10.2 Å². The van der Waals surface area contributed by atoms with Crippen LogP contribution in [0.25, 0.3) is 34.3 Å². The highest BCUT2D eigenvalue weighted by Crippen LogP contribution is 2.27. The summed E-state index contributed by atoms with van der Waals surface area (Å²) in [6.45, 7) is 4.22. The van der Waals surface area contributed by atoms with Crippen LogP contribution in [0.2, 0.25) is 0 Å². The summed E-state index contributed by atoms with van der Waals surface area (Å²) in [5.41, 5.74) is 4.44. The zero-order valence-corrected chi connectivity index (χ0v) is 18.8. The number of hydrogen-bond donors (Lipinski definition) is 1. The van der Waals surface area contributed by atoms with E-state index in [2.05, 4.69) is 25.5 Å². The predicted molar refractivity (Wildman–Crippen MR) is 126 cm³/mol. The Morgan fingerprint density at radius 3 is 2.28 bits per heavy atom. The van der Waals surface area contributed by atoms with Gasteiger partial charge in [0.2, 0.25) is 5.89 Å². The second kappa shape index (κ2) is 8.97. The zero-order valence-electron chi connectivity index (χ0n) is 18.0. The van der Waals surface area contributed by atoms with Gasteiger partial charge in [-0.1, -0.05) is 31.2 Å². The van der Waals surface area contributed by atoms with Crippen molar-refractivity contribution in [3.63, 3.8) is 0 Å². The van der Waals surface area contributed by atoms with Crippen molar-refractivity contribution in [3.05, 3.63) is 66.0 Å².